The van der Waals surface area contributed by atoms with Gasteiger partial charge in [-0.05, 0) is 32.4 Å². The second-order valence-corrected chi connectivity index (χ2v) is 5.84. The van der Waals surface area contributed by atoms with Gasteiger partial charge in [0.2, 0.25) is 0 Å². The Labute approximate surface area is 126 Å². The first-order chi connectivity index (χ1) is 8.49. The zero-order valence-corrected chi connectivity index (χ0v) is 13.5. The van der Waals surface area contributed by atoms with Crippen molar-refractivity contribution in [3.05, 3.63) is 33.8 Å². The molecule has 0 spiro atoms. The fourth-order valence-corrected chi connectivity index (χ4v) is 2.48. The molecule has 100 valence electrons. The number of amides is 1. The lowest BCUT2D eigenvalue weighted by atomic mass is 10.1. The van der Waals surface area contributed by atoms with Gasteiger partial charge < -0.3 is 4.90 Å². The number of hydrogen-bond donors (Lipinski definition) is 0. The van der Waals surface area contributed by atoms with Crippen molar-refractivity contribution in [2.24, 2.45) is 0 Å². The molecule has 1 rings (SSSR count). The van der Waals surface area contributed by atoms with Crippen LogP contribution in [0, 0.1) is 0 Å². The van der Waals surface area contributed by atoms with Crippen molar-refractivity contribution in [2.45, 2.75) is 26.3 Å². The molecular weight excluding hydrogens is 337 g/mol. The summed E-state index contributed by atoms with van der Waals surface area (Å²) in [6, 6.07) is 5.22. The Morgan fingerprint density at radius 3 is 2.33 bits per heavy atom. The molecule has 0 saturated carbocycles. The molecule has 0 fully saturated rings. The Morgan fingerprint density at radius 1 is 1.33 bits per heavy atom. The summed E-state index contributed by atoms with van der Waals surface area (Å²) in [5.41, 5.74) is 0.393. The van der Waals surface area contributed by atoms with E-state index in [2.05, 4.69) is 15.9 Å². The van der Waals surface area contributed by atoms with E-state index >= 15 is 0 Å². The molecule has 0 N–H and O–H groups in total. The topological polar surface area (TPSA) is 20.3 Å². The largest absolute Gasteiger partial charge is 0.336 e. The van der Waals surface area contributed by atoms with Crippen molar-refractivity contribution in [3.63, 3.8) is 0 Å². The number of alkyl halides is 1. The van der Waals surface area contributed by atoms with Gasteiger partial charge in [-0.25, -0.2) is 0 Å². The fraction of sp³-hybridized carbons (Fsp3) is 0.462. The van der Waals surface area contributed by atoms with Crippen LogP contribution in [0.4, 0.5) is 0 Å². The molecule has 0 unspecified atom stereocenters. The van der Waals surface area contributed by atoms with Crippen molar-refractivity contribution < 1.29 is 4.79 Å². The van der Waals surface area contributed by atoms with E-state index < -0.39 is 0 Å². The monoisotopic (exact) mass is 351 g/mol. The van der Waals surface area contributed by atoms with E-state index in [1.54, 1.807) is 23.1 Å². The van der Waals surface area contributed by atoms with Gasteiger partial charge in [0.25, 0.3) is 5.91 Å². The van der Waals surface area contributed by atoms with Crippen LogP contribution >= 0.6 is 39.1 Å². The van der Waals surface area contributed by atoms with Crippen LogP contribution in [0.15, 0.2) is 18.2 Å². The van der Waals surface area contributed by atoms with E-state index in [9.17, 15) is 4.79 Å². The summed E-state index contributed by atoms with van der Waals surface area (Å²) in [5, 5.41) is 1.66. The predicted octanol–water partition coefficient (Wildman–Crippen LogP) is 4.63. The summed E-state index contributed by atoms with van der Waals surface area (Å²) in [6.07, 6.45) is 0.895. The van der Waals surface area contributed by atoms with Gasteiger partial charge >= 0.3 is 0 Å². The predicted molar refractivity (Wildman–Crippen MR) is 81.0 cm³/mol. The standard InChI is InChI=1S/C13H16BrCl2NO/c1-9(2)17(8-4-7-14)13(18)12-10(15)5-3-6-11(12)16/h3,5-6,9H,4,7-8H2,1-2H3. The summed E-state index contributed by atoms with van der Waals surface area (Å²) in [5.74, 6) is -0.110. The fourth-order valence-electron chi connectivity index (χ4n) is 1.67. The van der Waals surface area contributed by atoms with E-state index in [0.717, 1.165) is 11.8 Å². The molecule has 0 saturated heterocycles. The number of benzene rings is 1. The van der Waals surface area contributed by atoms with Gasteiger partial charge in [-0.1, -0.05) is 45.2 Å². The number of carbonyl (C=O) groups excluding carboxylic acids is 1. The quantitative estimate of drug-likeness (QED) is 0.707. The average Bonchev–Trinajstić information content (AvgIpc) is 2.28. The van der Waals surface area contributed by atoms with Crippen LogP contribution in [0.25, 0.3) is 0 Å². The van der Waals surface area contributed by atoms with Crippen LogP contribution in [0.1, 0.15) is 30.6 Å². The Bertz CT molecular complexity index is 403. The first-order valence-electron chi connectivity index (χ1n) is 5.80. The molecule has 1 amide bonds. The third-order valence-corrected chi connectivity index (χ3v) is 3.78. The average molecular weight is 353 g/mol. The van der Waals surface area contributed by atoms with Crippen LogP contribution in [0.2, 0.25) is 10.0 Å². The SMILES string of the molecule is CC(C)N(CCCBr)C(=O)c1c(Cl)cccc1Cl. The number of nitrogens with zero attached hydrogens (tertiary/aromatic N) is 1. The zero-order valence-electron chi connectivity index (χ0n) is 10.4. The van der Waals surface area contributed by atoms with Crippen LogP contribution in [-0.4, -0.2) is 28.7 Å². The third kappa shape index (κ3) is 3.87. The number of rotatable bonds is 5. The lowest BCUT2D eigenvalue weighted by Crippen LogP contribution is -2.38. The Kier molecular flexibility index (Phi) is 6.47. The summed E-state index contributed by atoms with van der Waals surface area (Å²) < 4.78 is 0. The van der Waals surface area contributed by atoms with Crippen LogP contribution in [-0.2, 0) is 0 Å². The molecule has 0 aliphatic heterocycles. The highest BCUT2D eigenvalue weighted by molar-refractivity contribution is 9.09. The van der Waals surface area contributed by atoms with Gasteiger partial charge in [-0.2, -0.15) is 0 Å². The maximum Gasteiger partial charge on any atom is 0.257 e. The molecule has 0 aliphatic carbocycles. The molecule has 2 nitrogen and oxygen atoms in total. The Morgan fingerprint density at radius 2 is 1.89 bits per heavy atom. The lowest BCUT2D eigenvalue weighted by Gasteiger charge is -2.27. The minimum atomic E-state index is -0.110. The van der Waals surface area contributed by atoms with Gasteiger partial charge in [0.1, 0.15) is 0 Å². The van der Waals surface area contributed by atoms with E-state index in [-0.39, 0.29) is 11.9 Å². The summed E-state index contributed by atoms with van der Waals surface area (Å²) in [4.78, 5) is 14.3. The van der Waals surface area contributed by atoms with E-state index in [0.29, 0.717) is 22.2 Å². The van der Waals surface area contributed by atoms with Gasteiger partial charge in [-0.15, -0.1) is 0 Å². The van der Waals surface area contributed by atoms with Crippen molar-refractivity contribution >= 4 is 45.0 Å². The van der Waals surface area contributed by atoms with E-state index in [1.807, 2.05) is 13.8 Å². The Balaban J connectivity index is 3.02. The summed E-state index contributed by atoms with van der Waals surface area (Å²) >= 11 is 15.5. The molecule has 1 aromatic rings. The van der Waals surface area contributed by atoms with Crippen LogP contribution < -0.4 is 0 Å². The van der Waals surface area contributed by atoms with Crippen molar-refractivity contribution in [1.29, 1.82) is 0 Å². The maximum atomic E-state index is 12.5. The number of halogens is 3. The first kappa shape index (κ1) is 15.8. The highest BCUT2D eigenvalue weighted by Crippen LogP contribution is 2.26. The Hall–Kier alpha value is -0.250. The molecule has 0 aliphatic rings. The molecule has 0 aromatic heterocycles. The summed E-state index contributed by atoms with van der Waals surface area (Å²) in [7, 11) is 0. The second-order valence-electron chi connectivity index (χ2n) is 4.23. The molecule has 5 heteroatoms. The second kappa shape index (κ2) is 7.37. The minimum absolute atomic E-state index is 0.110. The molecule has 0 radical (unpaired) electrons. The molecule has 18 heavy (non-hydrogen) atoms. The lowest BCUT2D eigenvalue weighted by molar-refractivity contribution is 0.0707. The maximum absolute atomic E-state index is 12.5. The van der Waals surface area contributed by atoms with E-state index in [4.69, 9.17) is 23.2 Å². The highest BCUT2D eigenvalue weighted by atomic mass is 79.9. The minimum Gasteiger partial charge on any atom is -0.336 e. The molecule has 0 heterocycles. The van der Waals surface area contributed by atoms with Crippen molar-refractivity contribution in [1.82, 2.24) is 4.90 Å². The first-order valence-corrected chi connectivity index (χ1v) is 7.67. The smallest absolute Gasteiger partial charge is 0.257 e. The van der Waals surface area contributed by atoms with Crippen LogP contribution in [0.5, 0.6) is 0 Å². The van der Waals surface area contributed by atoms with Gasteiger partial charge in [-0.3, -0.25) is 4.79 Å². The third-order valence-electron chi connectivity index (χ3n) is 2.59. The highest BCUT2D eigenvalue weighted by Gasteiger charge is 2.22. The van der Waals surface area contributed by atoms with Crippen molar-refractivity contribution in [2.75, 3.05) is 11.9 Å². The van der Waals surface area contributed by atoms with Gasteiger partial charge in [0, 0.05) is 17.9 Å². The van der Waals surface area contributed by atoms with E-state index in [1.165, 1.54) is 0 Å². The normalized spacial score (nSPS) is 10.8. The van der Waals surface area contributed by atoms with Gasteiger partial charge in [0.05, 0.1) is 15.6 Å². The summed E-state index contributed by atoms with van der Waals surface area (Å²) in [6.45, 7) is 4.65. The molecule has 0 bridgehead atoms. The zero-order chi connectivity index (χ0) is 13.7. The number of carbonyl (C=O) groups is 1. The van der Waals surface area contributed by atoms with Gasteiger partial charge in [0.15, 0.2) is 0 Å². The van der Waals surface area contributed by atoms with Crippen LogP contribution in [0.3, 0.4) is 0 Å². The molecular formula is C13H16BrCl2NO. The molecule has 1 aromatic carbocycles. The number of hydrogen-bond acceptors (Lipinski definition) is 1. The van der Waals surface area contributed by atoms with Crippen molar-refractivity contribution in [3.8, 4) is 0 Å². The molecule has 0 atom stereocenters.